The van der Waals surface area contributed by atoms with Crippen molar-refractivity contribution in [2.24, 2.45) is 0 Å². The van der Waals surface area contributed by atoms with E-state index in [4.69, 9.17) is 23.2 Å². The van der Waals surface area contributed by atoms with Gasteiger partial charge in [-0.05, 0) is 42.5 Å². The summed E-state index contributed by atoms with van der Waals surface area (Å²) >= 11 is 11.8. The number of carbonyl (C=O) groups excluding carboxylic acids is 1. The number of benzene rings is 2. The minimum absolute atomic E-state index is 0.115. The summed E-state index contributed by atoms with van der Waals surface area (Å²) < 4.78 is 37.4. The molecule has 0 aromatic heterocycles. The second-order valence-corrected chi connectivity index (χ2v) is 5.77. The average Bonchev–Trinajstić information content (AvgIpc) is 2.50. The van der Waals surface area contributed by atoms with Crippen LogP contribution < -0.4 is 10.6 Å². The molecule has 0 atom stereocenters. The third-order valence-electron chi connectivity index (χ3n) is 3.10. The van der Waals surface area contributed by atoms with Crippen molar-refractivity contribution in [2.75, 3.05) is 17.2 Å². The molecule has 3 nitrogen and oxygen atoms in total. The number of amides is 1. The summed E-state index contributed by atoms with van der Waals surface area (Å²) in [7, 11) is 0. The molecule has 2 aromatic carbocycles. The van der Waals surface area contributed by atoms with Gasteiger partial charge in [0.05, 0.1) is 16.3 Å². The molecule has 2 N–H and O–H groups in total. The molecule has 0 unspecified atom stereocenters. The number of halogens is 5. The van der Waals surface area contributed by atoms with Crippen molar-refractivity contribution < 1.29 is 18.0 Å². The number of nitrogens with one attached hydrogen (secondary N) is 2. The Morgan fingerprint density at radius 3 is 2.33 bits per heavy atom. The van der Waals surface area contributed by atoms with Crippen LogP contribution in [0.3, 0.4) is 0 Å². The number of hydrogen-bond acceptors (Lipinski definition) is 2. The van der Waals surface area contributed by atoms with Gasteiger partial charge in [-0.3, -0.25) is 4.79 Å². The van der Waals surface area contributed by atoms with E-state index in [-0.39, 0.29) is 18.9 Å². The van der Waals surface area contributed by atoms with Crippen molar-refractivity contribution in [1.82, 2.24) is 0 Å². The molecule has 0 aliphatic rings. The Morgan fingerprint density at radius 1 is 1.04 bits per heavy atom. The van der Waals surface area contributed by atoms with Crippen molar-refractivity contribution in [3.05, 3.63) is 58.1 Å². The third kappa shape index (κ3) is 5.32. The minimum atomic E-state index is -4.37. The van der Waals surface area contributed by atoms with Gasteiger partial charge in [0.2, 0.25) is 5.91 Å². The van der Waals surface area contributed by atoms with E-state index in [0.717, 1.165) is 12.1 Å². The Morgan fingerprint density at radius 2 is 1.71 bits per heavy atom. The van der Waals surface area contributed by atoms with Crippen LogP contribution in [0.15, 0.2) is 42.5 Å². The van der Waals surface area contributed by atoms with Gasteiger partial charge in [0.15, 0.2) is 0 Å². The normalized spacial score (nSPS) is 11.2. The summed E-state index contributed by atoms with van der Waals surface area (Å²) in [5, 5.41) is 6.31. The summed E-state index contributed by atoms with van der Waals surface area (Å²) in [6.07, 6.45) is -4.25. The maximum absolute atomic E-state index is 12.5. The van der Waals surface area contributed by atoms with E-state index in [1.165, 1.54) is 18.2 Å². The van der Waals surface area contributed by atoms with Crippen molar-refractivity contribution in [3.8, 4) is 0 Å². The van der Waals surface area contributed by atoms with Gasteiger partial charge in [-0.25, -0.2) is 0 Å². The first-order chi connectivity index (χ1) is 11.3. The minimum Gasteiger partial charge on any atom is -0.385 e. The number of hydrogen-bond donors (Lipinski definition) is 2. The number of rotatable bonds is 5. The zero-order chi connectivity index (χ0) is 17.7. The molecule has 0 saturated carbocycles. The summed E-state index contributed by atoms with van der Waals surface area (Å²) in [4.78, 5) is 11.9. The lowest BCUT2D eigenvalue weighted by Crippen LogP contribution is -2.16. The smallest absolute Gasteiger partial charge is 0.385 e. The third-order valence-corrected chi connectivity index (χ3v) is 3.66. The van der Waals surface area contributed by atoms with Gasteiger partial charge in [0.25, 0.3) is 0 Å². The van der Waals surface area contributed by atoms with Gasteiger partial charge in [0, 0.05) is 23.7 Å². The van der Waals surface area contributed by atoms with Crippen LogP contribution in [0.2, 0.25) is 10.0 Å². The highest BCUT2D eigenvalue weighted by Crippen LogP contribution is 2.29. The van der Waals surface area contributed by atoms with Gasteiger partial charge in [-0.1, -0.05) is 23.2 Å². The van der Waals surface area contributed by atoms with E-state index < -0.39 is 11.7 Å². The van der Waals surface area contributed by atoms with Gasteiger partial charge >= 0.3 is 6.18 Å². The first-order valence-electron chi connectivity index (χ1n) is 6.92. The van der Waals surface area contributed by atoms with Crippen LogP contribution in [0.1, 0.15) is 12.0 Å². The summed E-state index contributed by atoms with van der Waals surface area (Å²) in [5.74, 6) is -0.293. The van der Waals surface area contributed by atoms with Crippen LogP contribution in [0.5, 0.6) is 0 Å². The fraction of sp³-hybridized carbons (Fsp3) is 0.188. The van der Waals surface area contributed by atoms with E-state index in [9.17, 15) is 18.0 Å². The molecular weight excluding hydrogens is 364 g/mol. The van der Waals surface area contributed by atoms with Crippen molar-refractivity contribution in [3.63, 3.8) is 0 Å². The summed E-state index contributed by atoms with van der Waals surface area (Å²) in [6, 6.07) is 9.29. The zero-order valence-corrected chi connectivity index (χ0v) is 13.8. The Labute approximate surface area is 146 Å². The summed E-state index contributed by atoms with van der Waals surface area (Å²) in [5.41, 5.74) is 0.182. The molecule has 0 fully saturated rings. The molecule has 0 radical (unpaired) electrons. The van der Waals surface area contributed by atoms with E-state index in [1.54, 1.807) is 12.1 Å². The predicted octanol–water partition coefficient (Wildman–Crippen LogP) is 5.45. The molecule has 0 heterocycles. The highest BCUT2D eigenvalue weighted by Gasteiger charge is 2.29. The average molecular weight is 377 g/mol. The molecule has 0 spiro atoms. The monoisotopic (exact) mass is 376 g/mol. The zero-order valence-electron chi connectivity index (χ0n) is 12.3. The quantitative estimate of drug-likeness (QED) is 0.727. The second kappa shape index (κ2) is 7.77. The van der Waals surface area contributed by atoms with Crippen molar-refractivity contribution in [1.29, 1.82) is 0 Å². The molecule has 24 heavy (non-hydrogen) atoms. The Kier molecular flexibility index (Phi) is 5.96. The Bertz CT molecular complexity index is 718. The molecule has 2 aromatic rings. The highest BCUT2D eigenvalue weighted by atomic mass is 35.5. The van der Waals surface area contributed by atoms with Gasteiger partial charge in [-0.2, -0.15) is 13.2 Å². The number of carbonyl (C=O) groups is 1. The predicted molar refractivity (Wildman–Crippen MR) is 89.6 cm³/mol. The lowest BCUT2D eigenvalue weighted by molar-refractivity contribution is -0.137. The highest BCUT2D eigenvalue weighted by molar-refractivity contribution is 6.35. The molecule has 0 bridgehead atoms. The van der Waals surface area contributed by atoms with Gasteiger partial charge < -0.3 is 10.6 Å². The number of anilines is 2. The van der Waals surface area contributed by atoms with Crippen LogP contribution >= 0.6 is 23.2 Å². The van der Waals surface area contributed by atoms with Gasteiger partial charge in [-0.15, -0.1) is 0 Å². The van der Waals surface area contributed by atoms with Crippen molar-refractivity contribution in [2.45, 2.75) is 12.6 Å². The van der Waals surface area contributed by atoms with Crippen LogP contribution in [-0.2, 0) is 11.0 Å². The fourth-order valence-corrected chi connectivity index (χ4v) is 2.24. The maximum Gasteiger partial charge on any atom is 0.416 e. The van der Waals surface area contributed by atoms with E-state index in [2.05, 4.69) is 10.6 Å². The first-order valence-corrected chi connectivity index (χ1v) is 7.67. The SMILES string of the molecule is O=C(CCNc1ccc(C(F)(F)F)cc1)Nc1cc(Cl)ccc1Cl. The standard InChI is InChI=1S/C16H13Cl2F3N2O/c17-11-3-6-13(18)14(9-11)23-15(24)7-8-22-12-4-1-10(2-5-12)16(19,20)21/h1-6,9,22H,7-8H2,(H,23,24). The van der Waals surface area contributed by atoms with Crippen LogP contribution in [0.4, 0.5) is 24.5 Å². The molecule has 0 saturated heterocycles. The number of alkyl halides is 3. The van der Waals surface area contributed by atoms with E-state index in [1.807, 2.05) is 0 Å². The van der Waals surface area contributed by atoms with E-state index in [0.29, 0.717) is 21.4 Å². The topological polar surface area (TPSA) is 41.1 Å². The molecule has 128 valence electrons. The Balaban J connectivity index is 1.83. The van der Waals surface area contributed by atoms with Crippen LogP contribution in [-0.4, -0.2) is 12.5 Å². The molecular formula is C16H13Cl2F3N2O. The Hall–Kier alpha value is -1.92. The summed E-state index contributed by atoms with van der Waals surface area (Å²) in [6.45, 7) is 0.259. The van der Waals surface area contributed by atoms with Gasteiger partial charge in [0.1, 0.15) is 0 Å². The van der Waals surface area contributed by atoms with Crippen LogP contribution in [0, 0.1) is 0 Å². The lowest BCUT2D eigenvalue weighted by atomic mass is 10.2. The molecule has 1 amide bonds. The molecule has 8 heteroatoms. The van der Waals surface area contributed by atoms with Crippen LogP contribution in [0.25, 0.3) is 0 Å². The maximum atomic E-state index is 12.5. The molecule has 0 aliphatic heterocycles. The van der Waals surface area contributed by atoms with E-state index >= 15 is 0 Å². The molecule has 2 rings (SSSR count). The molecule has 0 aliphatic carbocycles. The first kappa shape index (κ1) is 18.4. The second-order valence-electron chi connectivity index (χ2n) is 4.92. The van der Waals surface area contributed by atoms with Crippen molar-refractivity contribution >= 4 is 40.5 Å². The largest absolute Gasteiger partial charge is 0.416 e. The fourth-order valence-electron chi connectivity index (χ4n) is 1.90. The lowest BCUT2D eigenvalue weighted by Gasteiger charge is -2.10.